The van der Waals surface area contributed by atoms with Crippen LogP contribution in [0.25, 0.3) is 10.8 Å². The highest BCUT2D eigenvalue weighted by atomic mass is 32.2. The number of ether oxygens (including phenoxy) is 1. The summed E-state index contributed by atoms with van der Waals surface area (Å²) in [6.07, 6.45) is 1.14. The standard InChI is InChI=1S/C28H28N2O4S/c1-19-12-13-20(2)22(16-19)18-34-27-17-23(14-15-26(27)30(3)35(4,32)33)29-28(31)25-11-7-9-21-8-5-6-10-24(21)25/h5-17H,18H2,1-4H3,(H,29,31). The molecular weight excluding hydrogens is 460 g/mol. The van der Waals surface area contributed by atoms with Crippen LogP contribution < -0.4 is 14.4 Å². The summed E-state index contributed by atoms with van der Waals surface area (Å²) in [5.74, 6) is 0.0982. The number of benzene rings is 4. The Labute approximate surface area is 206 Å². The Kier molecular flexibility index (Phi) is 6.80. The minimum atomic E-state index is -3.51. The number of sulfonamides is 1. The van der Waals surface area contributed by atoms with Gasteiger partial charge in [-0.2, -0.15) is 0 Å². The van der Waals surface area contributed by atoms with Gasteiger partial charge >= 0.3 is 0 Å². The number of anilines is 2. The van der Waals surface area contributed by atoms with Gasteiger partial charge in [-0.05, 0) is 53.9 Å². The molecule has 0 aliphatic heterocycles. The zero-order valence-corrected chi connectivity index (χ0v) is 21.0. The fourth-order valence-electron chi connectivity index (χ4n) is 3.88. The summed E-state index contributed by atoms with van der Waals surface area (Å²) in [5, 5.41) is 4.76. The summed E-state index contributed by atoms with van der Waals surface area (Å²) < 4.78 is 31.7. The van der Waals surface area contributed by atoms with Gasteiger partial charge in [0.25, 0.3) is 5.91 Å². The molecule has 4 aromatic rings. The molecule has 35 heavy (non-hydrogen) atoms. The van der Waals surface area contributed by atoms with Crippen LogP contribution in [0.2, 0.25) is 0 Å². The first-order valence-electron chi connectivity index (χ1n) is 11.2. The summed E-state index contributed by atoms with van der Waals surface area (Å²) in [5.41, 5.74) is 4.64. The Morgan fingerprint density at radius 2 is 1.69 bits per heavy atom. The van der Waals surface area contributed by atoms with Crippen molar-refractivity contribution in [2.45, 2.75) is 20.5 Å². The Balaban J connectivity index is 1.66. The first-order chi connectivity index (χ1) is 16.6. The van der Waals surface area contributed by atoms with Crippen molar-refractivity contribution in [3.05, 3.63) is 101 Å². The summed E-state index contributed by atoms with van der Waals surface area (Å²) in [7, 11) is -2.04. The largest absolute Gasteiger partial charge is 0.487 e. The molecular formula is C28H28N2O4S. The second-order valence-electron chi connectivity index (χ2n) is 8.61. The number of amides is 1. The molecule has 0 spiro atoms. The number of aryl methyl sites for hydroxylation is 2. The molecule has 0 saturated heterocycles. The van der Waals surface area contributed by atoms with Gasteiger partial charge in [0.05, 0.1) is 11.9 Å². The molecule has 0 atom stereocenters. The monoisotopic (exact) mass is 488 g/mol. The number of rotatable bonds is 7. The highest BCUT2D eigenvalue weighted by Gasteiger charge is 2.19. The zero-order chi connectivity index (χ0) is 25.2. The van der Waals surface area contributed by atoms with Crippen molar-refractivity contribution >= 4 is 38.1 Å². The van der Waals surface area contributed by atoms with E-state index < -0.39 is 10.0 Å². The fraction of sp³-hybridized carbons (Fsp3) is 0.179. The summed E-state index contributed by atoms with van der Waals surface area (Å²) in [6.45, 7) is 4.27. The van der Waals surface area contributed by atoms with Gasteiger partial charge in [0, 0.05) is 24.4 Å². The van der Waals surface area contributed by atoms with Crippen molar-refractivity contribution in [3.63, 3.8) is 0 Å². The molecule has 1 amide bonds. The third-order valence-corrected chi connectivity index (χ3v) is 7.17. The molecule has 0 aliphatic carbocycles. The van der Waals surface area contributed by atoms with E-state index in [1.165, 1.54) is 11.4 Å². The van der Waals surface area contributed by atoms with E-state index in [-0.39, 0.29) is 12.5 Å². The van der Waals surface area contributed by atoms with Crippen molar-refractivity contribution in [1.82, 2.24) is 0 Å². The number of nitrogens with zero attached hydrogens (tertiary/aromatic N) is 1. The van der Waals surface area contributed by atoms with E-state index in [0.717, 1.165) is 33.7 Å². The Hall–Kier alpha value is -3.84. The number of nitrogens with one attached hydrogen (secondary N) is 1. The van der Waals surface area contributed by atoms with Crippen LogP contribution in [0.15, 0.2) is 78.9 Å². The van der Waals surface area contributed by atoms with Crippen molar-refractivity contribution in [1.29, 1.82) is 0 Å². The molecule has 0 unspecified atom stereocenters. The van der Waals surface area contributed by atoms with Crippen molar-refractivity contribution < 1.29 is 17.9 Å². The van der Waals surface area contributed by atoms with Gasteiger partial charge < -0.3 is 10.1 Å². The number of hydrogen-bond donors (Lipinski definition) is 1. The normalized spacial score (nSPS) is 11.3. The van der Waals surface area contributed by atoms with E-state index in [4.69, 9.17) is 4.74 Å². The Morgan fingerprint density at radius 1 is 0.943 bits per heavy atom. The highest BCUT2D eigenvalue weighted by Crippen LogP contribution is 2.33. The van der Waals surface area contributed by atoms with Crippen LogP contribution in [-0.4, -0.2) is 27.6 Å². The lowest BCUT2D eigenvalue weighted by Gasteiger charge is -2.21. The first-order valence-corrected chi connectivity index (χ1v) is 13.0. The van der Waals surface area contributed by atoms with Crippen molar-refractivity contribution in [3.8, 4) is 5.75 Å². The van der Waals surface area contributed by atoms with E-state index in [9.17, 15) is 13.2 Å². The van der Waals surface area contributed by atoms with Gasteiger partial charge in [0.2, 0.25) is 10.0 Å². The highest BCUT2D eigenvalue weighted by molar-refractivity contribution is 7.92. The summed E-state index contributed by atoms with van der Waals surface area (Å²) in [6, 6.07) is 24.4. The SMILES string of the molecule is Cc1ccc(C)c(COc2cc(NC(=O)c3cccc4ccccc34)ccc2N(C)S(C)(=O)=O)c1. The van der Waals surface area contributed by atoms with Crippen LogP contribution >= 0.6 is 0 Å². The topological polar surface area (TPSA) is 75.7 Å². The molecule has 0 aromatic heterocycles. The zero-order valence-electron chi connectivity index (χ0n) is 20.2. The molecule has 0 fully saturated rings. The number of hydrogen-bond acceptors (Lipinski definition) is 4. The van der Waals surface area contributed by atoms with Crippen LogP contribution in [0.1, 0.15) is 27.0 Å². The van der Waals surface area contributed by atoms with E-state index in [1.54, 1.807) is 24.3 Å². The summed E-state index contributed by atoms with van der Waals surface area (Å²) >= 11 is 0. The van der Waals surface area contributed by atoms with Gasteiger partial charge in [-0.3, -0.25) is 9.10 Å². The average molecular weight is 489 g/mol. The van der Waals surface area contributed by atoms with Gasteiger partial charge in [0.15, 0.2) is 0 Å². The average Bonchev–Trinajstić information content (AvgIpc) is 2.83. The van der Waals surface area contributed by atoms with Gasteiger partial charge in [-0.1, -0.05) is 60.2 Å². The maximum absolute atomic E-state index is 13.1. The Bertz CT molecular complexity index is 1510. The van der Waals surface area contributed by atoms with Crippen LogP contribution in [0, 0.1) is 13.8 Å². The second kappa shape index (κ2) is 9.80. The Morgan fingerprint density at radius 3 is 2.46 bits per heavy atom. The molecule has 0 radical (unpaired) electrons. The van der Waals surface area contributed by atoms with E-state index >= 15 is 0 Å². The molecule has 4 rings (SSSR count). The maximum atomic E-state index is 13.1. The van der Waals surface area contributed by atoms with E-state index in [0.29, 0.717) is 22.7 Å². The van der Waals surface area contributed by atoms with Gasteiger partial charge in [0.1, 0.15) is 12.4 Å². The van der Waals surface area contributed by atoms with E-state index in [2.05, 4.69) is 5.32 Å². The lowest BCUT2D eigenvalue weighted by Crippen LogP contribution is -2.25. The molecule has 0 aliphatic rings. The minimum absolute atomic E-state index is 0.258. The molecule has 6 nitrogen and oxygen atoms in total. The van der Waals surface area contributed by atoms with Crippen molar-refractivity contribution in [2.24, 2.45) is 0 Å². The molecule has 7 heteroatoms. The number of fused-ring (bicyclic) bond motifs is 1. The third kappa shape index (κ3) is 5.46. The van der Waals surface area contributed by atoms with E-state index in [1.807, 2.05) is 68.4 Å². The smallest absolute Gasteiger partial charge is 0.256 e. The number of carbonyl (C=O) groups is 1. The molecule has 0 heterocycles. The van der Waals surface area contributed by atoms with Crippen LogP contribution in [0.3, 0.4) is 0 Å². The van der Waals surface area contributed by atoms with Crippen LogP contribution in [0.5, 0.6) is 5.75 Å². The second-order valence-corrected chi connectivity index (χ2v) is 10.6. The lowest BCUT2D eigenvalue weighted by molar-refractivity contribution is 0.102. The molecule has 180 valence electrons. The number of carbonyl (C=O) groups excluding carboxylic acids is 1. The van der Waals surface area contributed by atoms with Crippen molar-refractivity contribution in [2.75, 3.05) is 22.9 Å². The predicted molar refractivity (Wildman–Crippen MR) is 142 cm³/mol. The van der Waals surface area contributed by atoms with Gasteiger partial charge in [-0.25, -0.2) is 8.42 Å². The summed E-state index contributed by atoms with van der Waals surface area (Å²) in [4.78, 5) is 13.1. The molecule has 0 bridgehead atoms. The predicted octanol–water partition coefficient (Wildman–Crippen LogP) is 5.68. The minimum Gasteiger partial charge on any atom is -0.487 e. The van der Waals surface area contributed by atoms with Crippen LogP contribution in [-0.2, 0) is 16.6 Å². The first kappa shape index (κ1) is 24.3. The molecule has 0 saturated carbocycles. The van der Waals surface area contributed by atoms with Gasteiger partial charge in [-0.15, -0.1) is 0 Å². The maximum Gasteiger partial charge on any atom is 0.256 e. The molecule has 4 aromatic carbocycles. The van der Waals surface area contributed by atoms with Crippen LogP contribution in [0.4, 0.5) is 11.4 Å². The third-order valence-electron chi connectivity index (χ3n) is 5.98. The lowest BCUT2D eigenvalue weighted by atomic mass is 10.0. The fourth-order valence-corrected chi connectivity index (χ4v) is 4.39. The molecule has 1 N–H and O–H groups in total. The quantitative estimate of drug-likeness (QED) is 0.363.